The number of hydrogen-bond acceptors (Lipinski definition) is 5. The van der Waals surface area contributed by atoms with Gasteiger partial charge in [-0.05, 0) is 48.4 Å². The number of hydrogen-bond donors (Lipinski definition) is 1. The molecule has 0 aliphatic carbocycles. The average Bonchev–Trinajstić information content (AvgIpc) is 3.28. The minimum absolute atomic E-state index is 0.0288. The van der Waals surface area contributed by atoms with Crippen molar-refractivity contribution in [1.29, 1.82) is 0 Å². The molecule has 0 unspecified atom stereocenters. The van der Waals surface area contributed by atoms with Gasteiger partial charge in [0.05, 0.1) is 36.4 Å². The van der Waals surface area contributed by atoms with Gasteiger partial charge in [-0.25, -0.2) is 0 Å². The van der Waals surface area contributed by atoms with Crippen molar-refractivity contribution in [2.75, 3.05) is 38.0 Å². The lowest BCUT2D eigenvalue weighted by Crippen LogP contribution is -2.43. The summed E-state index contributed by atoms with van der Waals surface area (Å²) in [5, 5.41) is 3.93. The molecule has 0 saturated carbocycles. The Labute approximate surface area is 191 Å². The van der Waals surface area contributed by atoms with Crippen LogP contribution in [-0.4, -0.2) is 49.4 Å². The fourth-order valence-corrected chi connectivity index (χ4v) is 4.58. The second-order valence-corrected chi connectivity index (χ2v) is 8.26. The Hall–Kier alpha value is -3.39. The van der Waals surface area contributed by atoms with Crippen molar-refractivity contribution < 1.29 is 19.1 Å². The van der Waals surface area contributed by atoms with Crippen LogP contribution in [0.2, 0.25) is 0 Å². The summed E-state index contributed by atoms with van der Waals surface area (Å²) in [6, 6.07) is 17.3. The van der Waals surface area contributed by atoms with E-state index in [4.69, 9.17) is 9.47 Å². The number of nitrogens with zero attached hydrogens (tertiary/aromatic N) is 2. The van der Waals surface area contributed by atoms with E-state index >= 15 is 0 Å². The SMILES string of the molecule is COc1ccc(CCNC(=O)CN2C(=O)CSc3cccn3-c3ccccc32)cc1OC. The van der Waals surface area contributed by atoms with Crippen molar-refractivity contribution in [3.8, 4) is 17.2 Å². The van der Waals surface area contributed by atoms with Gasteiger partial charge in [0, 0.05) is 12.7 Å². The third kappa shape index (κ3) is 4.60. The number of anilines is 1. The van der Waals surface area contributed by atoms with E-state index in [1.807, 2.05) is 60.8 Å². The first-order chi connectivity index (χ1) is 15.6. The molecule has 0 atom stereocenters. The maximum absolute atomic E-state index is 12.9. The van der Waals surface area contributed by atoms with Crippen molar-refractivity contribution in [1.82, 2.24) is 9.88 Å². The normalized spacial score (nSPS) is 12.9. The highest BCUT2D eigenvalue weighted by Crippen LogP contribution is 2.33. The van der Waals surface area contributed by atoms with E-state index in [9.17, 15) is 9.59 Å². The molecule has 4 rings (SSSR count). The number of ether oxygens (including phenoxy) is 2. The maximum atomic E-state index is 12.9. The highest BCUT2D eigenvalue weighted by molar-refractivity contribution is 7.99. The average molecular weight is 452 g/mol. The van der Waals surface area contributed by atoms with Crippen LogP contribution >= 0.6 is 11.8 Å². The highest BCUT2D eigenvalue weighted by Gasteiger charge is 2.25. The third-order valence-electron chi connectivity index (χ3n) is 5.27. The van der Waals surface area contributed by atoms with E-state index in [0.717, 1.165) is 22.0 Å². The summed E-state index contributed by atoms with van der Waals surface area (Å²) in [5.74, 6) is 1.30. The zero-order valence-corrected chi connectivity index (χ0v) is 18.9. The maximum Gasteiger partial charge on any atom is 0.240 e. The van der Waals surface area contributed by atoms with E-state index < -0.39 is 0 Å². The van der Waals surface area contributed by atoms with Gasteiger partial charge in [-0.1, -0.05) is 30.0 Å². The molecule has 2 amide bonds. The Balaban J connectivity index is 1.44. The molecule has 0 radical (unpaired) electrons. The second kappa shape index (κ2) is 9.82. The Morgan fingerprint density at radius 2 is 1.81 bits per heavy atom. The topological polar surface area (TPSA) is 72.8 Å². The molecule has 0 bridgehead atoms. The molecular formula is C24H25N3O4S. The molecule has 1 aliphatic rings. The summed E-state index contributed by atoms with van der Waals surface area (Å²) < 4.78 is 12.6. The molecule has 0 saturated heterocycles. The van der Waals surface area contributed by atoms with Crippen LogP contribution in [0.15, 0.2) is 65.8 Å². The molecule has 2 heterocycles. The van der Waals surface area contributed by atoms with Crippen LogP contribution in [0, 0.1) is 0 Å². The Morgan fingerprint density at radius 3 is 2.59 bits per heavy atom. The molecule has 8 heteroatoms. The van der Waals surface area contributed by atoms with Gasteiger partial charge in [0.25, 0.3) is 0 Å². The van der Waals surface area contributed by atoms with E-state index in [2.05, 4.69) is 9.88 Å². The summed E-state index contributed by atoms with van der Waals surface area (Å²) in [6.45, 7) is 0.424. The highest BCUT2D eigenvalue weighted by atomic mass is 32.2. The van der Waals surface area contributed by atoms with E-state index in [1.54, 1.807) is 19.1 Å². The number of methoxy groups -OCH3 is 2. The molecule has 0 fully saturated rings. The van der Waals surface area contributed by atoms with Crippen LogP contribution in [0.5, 0.6) is 11.5 Å². The fourth-order valence-electron chi connectivity index (χ4n) is 3.68. The molecule has 166 valence electrons. The number of carbonyl (C=O) groups excluding carboxylic acids is 2. The summed E-state index contributed by atoms with van der Waals surface area (Å²) in [7, 11) is 3.19. The van der Waals surface area contributed by atoms with Crippen LogP contribution in [0.3, 0.4) is 0 Å². The minimum Gasteiger partial charge on any atom is -0.493 e. The minimum atomic E-state index is -0.202. The monoisotopic (exact) mass is 451 g/mol. The van der Waals surface area contributed by atoms with Crippen molar-refractivity contribution in [2.24, 2.45) is 0 Å². The molecule has 1 aliphatic heterocycles. The lowest BCUT2D eigenvalue weighted by Gasteiger charge is -2.27. The standard InChI is InChI=1S/C24H25N3O4S/c1-30-20-10-9-17(14-21(20)31-2)11-12-25-22(28)15-27-19-7-4-3-6-18(19)26-13-5-8-24(26)32-16-23(27)29/h3-10,13-14H,11-12,15-16H2,1-2H3,(H,25,28). The van der Waals surface area contributed by atoms with Crippen LogP contribution in [0.4, 0.5) is 5.69 Å². The van der Waals surface area contributed by atoms with Crippen LogP contribution in [0.25, 0.3) is 5.69 Å². The van der Waals surface area contributed by atoms with Crippen LogP contribution in [0.1, 0.15) is 5.56 Å². The smallest absolute Gasteiger partial charge is 0.240 e. The molecule has 7 nitrogen and oxygen atoms in total. The number of carbonyl (C=O) groups is 2. The van der Waals surface area contributed by atoms with Crippen molar-refractivity contribution in [2.45, 2.75) is 11.4 Å². The van der Waals surface area contributed by atoms with Gasteiger partial charge in [-0.2, -0.15) is 0 Å². The number of para-hydroxylation sites is 2. The number of amides is 2. The molecular weight excluding hydrogens is 426 g/mol. The van der Waals surface area contributed by atoms with Crippen molar-refractivity contribution in [3.05, 3.63) is 66.4 Å². The predicted molar refractivity (Wildman–Crippen MR) is 125 cm³/mol. The lowest BCUT2D eigenvalue weighted by molar-refractivity contribution is -0.122. The first kappa shape index (κ1) is 21.8. The molecule has 1 N–H and O–H groups in total. The summed E-state index contributed by atoms with van der Waals surface area (Å²) in [4.78, 5) is 27.2. The molecule has 3 aromatic rings. The number of rotatable bonds is 7. The second-order valence-electron chi connectivity index (χ2n) is 7.26. The lowest BCUT2D eigenvalue weighted by atomic mass is 10.1. The number of aromatic nitrogens is 1. The van der Waals surface area contributed by atoms with E-state index in [0.29, 0.717) is 24.5 Å². The number of thioether (sulfide) groups is 1. The van der Waals surface area contributed by atoms with Crippen molar-refractivity contribution in [3.63, 3.8) is 0 Å². The summed E-state index contributed by atoms with van der Waals surface area (Å²) >= 11 is 1.47. The molecule has 32 heavy (non-hydrogen) atoms. The van der Waals surface area contributed by atoms with Gasteiger partial charge in [0.15, 0.2) is 11.5 Å². The summed E-state index contributed by atoms with van der Waals surface area (Å²) in [5.41, 5.74) is 2.63. The van der Waals surface area contributed by atoms with Gasteiger partial charge >= 0.3 is 0 Å². The first-order valence-corrected chi connectivity index (χ1v) is 11.3. The van der Waals surface area contributed by atoms with Gasteiger partial charge in [-0.15, -0.1) is 0 Å². The van der Waals surface area contributed by atoms with Crippen LogP contribution in [-0.2, 0) is 16.0 Å². The molecule has 0 spiro atoms. The zero-order valence-electron chi connectivity index (χ0n) is 18.0. The molecule has 1 aromatic heterocycles. The van der Waals surface area contributed by atoms with E-state index in [-0.39, 0.29) is 24.1 Å². The zero-order chi connectivity index (χ0) is 22.5. The number of benzene rings is 2. The van der Waals surface area contributed by atoms with Gasteiger partial charge in [0.2, 0.25) is 11.8 Å². The van der Waals surface area contributed by atoms with E-state index in [1.165, 1.54) is 11.8 Å². The largest absolute Gasteiger partial charge is 0.493 e. The summed E-state index contributed by atoms with van der Waals surface area (Å²) in [6.07, 6.45) is 2.61. The van der Waals surface area contributed by atoms with Gasteiger partial charge in [-0.3, -0.25) is 9.59 Å². The Kier molecular flexibility index (Phi) is 6.70. The van der Waals surface area contributed by atoms with Gasteiger partial charge < -0.3 is 24.3 Å². The predicted octanol–water partition coefficient (Wildman–Crippen LogP) is 3.29. The Bertz CT molecular complexity index is 1130. The fraction of sp³-hybridized carbons (Fsp3) is 0.250. The van der Waals surface area contributed by atoms with Gasteiger partial charge in [0.1, 0.15) is 6.54 Å². The number of fused-ring (bicyclic) bond motifs is 3. The molecule has 2 aromatic carbocycles. The quantitative estimate of drug-likeness (QED) is 0.597. The Morgan fingerprint density at radius 1 is 1.03 bits per heavy atom. The third-order valence-corrected chi connectivity index (χ3v) is 6.29. The number of nitrogens with one attached hydrogen (secondary N) is 1. The first-order valence-electron chi connectivity index (χ1n) is 10.3. The van der Waals surface area contributed by atoms with Crippen LogP contribution < -0.4 is 19.7 Å². The van der Waals surface area contributed by atoms with Crippen molar-refractivity contribution >= 4 is 29.3 Å².